The molecule has 0 aromatic carbocycles. The Balaban J connectivity index is 1.98. The summed E-state index contributed by atoms with van der Waals surface area (Å²) in [6.07, 6.45) is 12.2. The Bertz CT molecular complexity index is 198. The maximum absolute atomic E-state index is 11.9. The molecule has 0 aromatic rings. The second kappa shape index (κ2) is 7.86. The third kappa shape index (κ3) is 5.14. The molecule has 94 valence electrons. The van der Waals surface area contributed by atoms with Crippen LogP contribution in [0.2, 0.25) is 0 Å². The molecule has 0 bridgehead atoms. The largest absolute Gasteiger partial charge is 0.299 e. The van der Waals surface area contributed by atoms with Crippen LogP contribution >= 0.6 is 0 Å². The van der Waals surface area contributed by atoms with Gasteiger partial charge in [-0.05, 0) is 31.6 Å². The van der Waals surface area contributed by atoms with Crippen LogP contribution < -0.4 is 0 Å². The molecule has 0 N–H and O–H groups in total. The van der Waals surface area contributed by atoms with Crippen molar-refractivity contribution in [1.82, 2.24) is 0 Å². The molecule has 0 saturated heterocycles. The van der Waals surface area contributed by atoms with E-state index >= 15 is 0 Å². The van der Waals surface area contributed by atoms with E-state index < -0.39 is 0 Å². The number of carbonyl (C=O) groups is 1. The smallest absolute Gasteiger partial charge is 0.135 e. The van der Waals surface area contributed by atoms with Crippen molar-refractivity contribution in [3.63, 3.8) is 0 Å². The van der Waals surface area contributed by atoms with E-state index in [4.69, 9.17) is 0 Å². The lowest BCUT2D eigenvalue weighted by atomic mass is 9.96. The van der Waals surface area contributed by atoms with Crippen LogP contribution in [-0.2, 0) is 4.79 Å². The van der Waals surface area contributed by atoms with Gasteiger partial charge in [0.2, 0.25) is 0 Å². The Hall–Kier alpha value is -0.330. The first-order chi connectivity index (χ1) is 7.74. The maximum atomic E-state index is 11.9. The van der Waals surface area contributed by atoms with Crippen LogP contribution in [0, 0.1) is 11.8 Å². The standard InChI is InChI=1S/C15H28O/c1-3-4-5-6-7-8-9-15(16)14-11-10-13(2)12-14/h13-14H,3-12H2,1-2H3. The van der Waals surface area contributed by atoms with Gasteiger partial charge < -0.3 is 0 Å². The molecule has 1 heteroatoms. The van der Waals surface area contributed by atoms with Crippen molar-refractivity contribution < 1.29 is 4.79 Å². The zero-order valence-corrected chi connectivity index (χ0v) is 11.1. The number of hydrogen-bond donors (Lipinski definition) is 0. The van der Waals surface area contributed by atoms with Gasteiger partial charge in [-0.2, -0.15) is 0 Å². The van der Waals surface area contributed by atoms with Gasteiger partial charge in [-0.25, -0.2) is 0 Å². The van der Waals surface area contributed by atoms with Crippen molar-refractivity contribution in [2.45, 2.75) is 78.1 Å². The predicted octanol–water partition coefficient (Wildman–Crippen LogP) is 4.74. The van der Waals surface area contributed by atoms with Gasteiger partial charge in [-0.3, -0.25) is 4.79 Å². The van der Waals surface area contributed by atoms with Gasteiger partial charge >= 0.3 is 0 Å². The van der Waals surface area contributed by atoms with Crippen molar-refractivity contribution in [3.8, 4) is 0 Å². The molecule has 0 aliphatic heterocycles. The van der Waals surface area contributed by atoms with Gasteiger partial charge in [-0.1, -0.05) is 46.0 Å². The van der Waals surface area contributed by atoms with Gasteiger partial charge in [0.1, 0.15) is 5.78 Å². The Morgan fingerprint density at radius 1 is 1.06 bits per heavy atom. The molecule has 2 atom stereocenters. The normalized spacial score (nSPS) is 24.9. The first kappa shape index (κ1) is 13.7. The number of unbranched alkanes of at least 4 members (excludes halogenated alkanes) is 5. The third-order valence-corrected chi connectivity index (χ3v) is 3.93. The summed E-state index contributed by atoms with van der Waals surface area (Å²) in [5.74, 6) is 1.77. The van der Waals surface area contributed by atoms with Crippen LogP contribution in [0.3, 0.4) is 0 Å². The highest BCUT2D eigenvalue weighted by molar-refractivity contribution is 5.81. The zero-order valence-electron chi connectivity index (χ0n) is 11.1. The molecule has 1 saturated carbocycles. The SMILES string of the molecule is CCCCCCCCC(=O)C1CCC(C)C1. The Morgan fingerprint density at radius 3 is 2.38 bits per heavy atom. The zero-order chi connectivity index (χ0) is 11.8. The Morgan fingerprint density at radius 2 is 1.75 bits per heavy atom. The molecule has 1 aliphatic rings. The summed E-state index contributed by atoms with van der Waals surface area (Å²) in [5.41, 5.74) is 0. The highest BCUT2D eigenvalue weighted by Gasteiger charge is 2.26. The van der Waals surface area contributed by atoms with Crippen molar-refractivity contribution in [2.75, 3.05) is 0 Å². The van der Waals surface area contributed by atoms with Gasteiger partial charge in [0.25, 0.3) is 0 Å². The number of rotatable bonds is 8. The van der Waals surface area contributed by atoms with Crippen LogP contribution in [0.1, 0.15) is 78.1 Å². The lowest BCUT2D eigenvalue weighted by molar-refractivity contribution is -0.122. The first-order valence-corrected chi connectivity index (χ1v) is 7.26. The van der Waals surface area contributed by atoms with E-state index in [9.17, 15) is 4.79 Å². The maximum Gasteiger partial charge on any atom is 0.135 e. The summed E-state index contributed by atoms with van der Waals surface area (Å²) >= 11 is 0. The minimum Gasteiger partial charge on any atom is -0.299 e. The molecule has 1 fully saturated rings. The summed E-state index contributed by atoms with van der Waals surface area (Å²) in [4.78, 5) is 11.9. The molecule has 2 unspecified atom stereocenters. The second-order valence-corrected chi connectivity index (χ2v) is 5.60. The Kier molecular flexibility index (Phi) is 6.75. The molecule has 1 rings (SSSR count). The molecule has 16 heavy (non-hydrogen) atoms. The third-order valence-electron chi connectivity index (χ3n) is 3.93. The number of ketones is 1. The fraction of sp³-hybridized carbons (Fsp3) is 0.933. The highest BCUT2D eigenvalue weighted by atomic mass is 16.1. The van der Waals surface area contributed by atoms with Crippen LogP contribution in [0.15, 0.2) is 0 Å². The van der Waals surface area contributed by atoms with Crippen LogP contribution in [0.4, 0.5) is 0 Å². The van der Waals surface area contributed by atoms with Crippen molar-refractivity contribution >= 4 is 5.78 Å². The van der Waals surface area contributed by atoms with E-state index in [1.165, 1.54) is 38.5 Å². The minimum atomic E-state index is 0.422. The summed E-state index contributed by atoms with van der Waals surface area (Å²) < 4.78 is 0. The molecule has 1 nitrogen and oxygen atoms in total. The monoisotopic (exact) mass is 224 g/mol. The van der Waals surface area contributed by atoms with Crippen molar-refractivity contribution in [3.05, 3.63) is 0 Å². The van der Waals surface area contributed by atoms with E-state index in [0.29, 0.717) is 11.7 Å². The Labute approximate surface area is 101 Å². The quantitative estimate of drug-likeness (QED) is 0.544. The molecule has 1 aliphatic carbocycles. The number of hydrogen-bond acceptors (Lipinski definition) is 1. The summed E-state index contributed by atoms with van der Waals surface area (Å²) in [6.45, 7) is 4.52. The number of Topliss-reactive ketones (excluding diaryl/α,β-unsaturated/α-hetero) is 1. The first-order valence-electron chi connectivity index (χ1n) is 7.26. The average Bonchev–Trinajstić information content (AvgIpc) is 2.70. The van der Waals surface area contributed by atoms with E-state index in [1.807, 2.05) is 0 Å². The van der Waals surface area contributed by atoms with Gasteiger partial charge in [0.05, 0.1) is 0 Å². The highest BCUT2D eigenvalue weighted by Crippen LogP contribution is 2.31. The topological polar surface area (TPSA) is 17.1 Å². The van der Waals surface area contributed by atoms with Crippen LogP contribution in [-0.4, -0.2) is 5.78 Å². The average molecular weight is 224 g/mol. The molecule has 0 spiro atoms. The predicted molar refractivity (Wildman–Crippen MR) is 69.5 cm³/mol. The molecule has 0 amide bonds. The summed E-state index contributed by atoms with van der Waals surface area (Å²) in [5, 5.41) is 0. The van der Waals surface area contributed by atoms with E-state index in [0.717, 1.165) is 31.6 Å². The van der Waals surface area contributed by atoms with E-state index in [-0.39, 0.29) is 0 Å². The molecule has 0 heterocycles. The fourth-order valence-electron chi connectivity index (χ4n) is 2.78. The summed E-state index contributed by atoms with van der Waals surface area (Å²) in [7, 11) is 0. The molecule has 0 aromatic heterocycles. The lowest BCUT2D eigenvalue weighted by Gasteiger charge is -2.08. The van der Waals surface area contributed by atoms with Crippen LogP contribution in [0.5, 0.6) is 0 Å². The molecule has 0 radical (unpaired) electrons. The molecular formula is C15H28O. The van der Waals surface area contributed by atoms with E-state index in [1.54, 1.807) is 0 Å². The van der Waals surface area contributed by atoms with Crippen molar-refractivity contribution in [2.24, 2.45) is 11.8 Å². The molecular weight excluding hydrogens is 196 g/mol. The minimum absolute atomic E-state index is 0.422. The summed E-state index contributed by atoms with van der Waals surface area (Å²) in [6, 6.07) is 0. The van der Waals surface area contributed by atoms with Crippen molar-refractivity contribution in [1.29, 1.82) is 0 Å². The van der Waals surface area contributed by atoms with Gasteiger partial charge in [0, 0.05) is 12.3 Å². The van der Waals surface area contributed by atoms with E-state index in [2.05, 4.69) is 13.8 Å². The fourth-order valence-corrected chi connectivity index (χ4v) is 2.78. The van der Waals surface area contributed by atoms with Gasteiger partial charge in [0.15, 0.2) is 0 Å². The lowest BCUT2D eigenvalue weighted by Crippen LogP contribution is -2.10. The number of carbonyl (C=O) groups excluding carboxylic acids is 1. The van der Waals surface area contributed by atoms with Gasteiger partial charge in [-0.15, -0.1) is 0 Å². The van der Waals surface area contributed by atoms with Crippen LogP contribution in [0.25, 0.3) is 0 Å². The second-order valence-electron chi connectivity index (χ2n) is 5.60.